The van der Waals surface area contributed by atoms with Gasteiger partial charge in [0.05, 0.1) is 5.41 Å². The number of aliphatic carboxylic acids is 1. The average molecular weight is 154 g/mol. The second kappa shape index (κ2) is 2.68. The van der Waals surface area contributed by atoms with Crippen LogP contribution in [0.4, 0.5) is 0 Å². The quantitative estimate of drug-likeness (QED) is 0.588. The molecule has 0 amide bonds. The lowest BCUT2D eigenvalue weighted by molar-refractivity contribution is -0.149. The number of allylic oxidation sites excluding steroid dienone is 1. The highest BCUT2D eigenvalue weighted by Crippen LogP contribution is 2.37. The summed E-state index contributed by atoms with van der Waals surface area (Å²) in [5.41, 5.74) is 0.713. The molecule has 1 fully saturated rings. The summed E-state index contributed by atoms with van der Waals surface area (Å²) in [6.07, 6.45) is 3.26. The fourth-order valence-electron chi connectivity index (χ4n) is 1.37. The molecule has 62 valence electrons. The van der Waals surface area contributed by atoms with Crippen LogP contribution < -0.4 is 0 Å². The van der Waals surface area contributed by atoms with Gasteiger partial charge in [0, 0.05) is 0 Å². The van der Waals surface area contributed by atoms with E-state index in [1.807, 2.05) is 6.92 Å². The van der Waals surface area contributed by atoms with E-state index >= 15 is 0 Å². The number of carbonyl (C=O) groups is 1. The molecular weight excluding hydrogens is 140 g/mol. The van der Waals surface area contributed by atoms with Gasteiger partial charge in [0.2, 0.25) is 0 Å². The van der Waals surface area contributed by atoms with Crippen molar-refractivity contribution in [1.82, 2.24) is 0 Å². The standard InChI is InChI=1S/C9H14O2/c1-7-3-5-9(2,6-4-7)8(10)11/h1,3-6H2,2H3,(H,10,11). The maximum atomic E-state index is 10.8. The first kappa shape index (κ1) is 8.31. The zero-order chi connectivity index (χ0) is 8.48. The lowest BCUT2D eigenvalue weighted by atomic mass is 9.74. The topological polar surface area (TPSA) is 37.3 Å². The summed E-state index contributed by atoms with van der Waals surface area (Å²) in [4.78, 5) is 10.8. The van der Waals surface area contributed by atoms with Crippen LogP contribution in [0.2, 0.25) is 0 Å². The van der Waals surface area contributed by atoms with Crippen LogP contribution in [-0.4, -0.2) is 11.1 Å². The molecule has 0 unspecified atom stereocenters. The molecule has 2 nitrogen and oxygen atoms in total. The maximum absolute atomic E-state index is 10.8. The third kappa shape index (κ3) is 1.62. The first-order valence-corrected chi connectivity index (χ1v) is 3.95. The van der Waals surface area contributed by atoms with Gasteiger partial charge in [0.25, 0.3) is 0 Å². The molecule has 0 radical (unpaired) electrons. The molecule has 0 heterocycles. The molecule has 0 spiro atoms. The van der Waals surface area contributed by atoms with Crippen LogP contribution in [0.5, 0.6) is 0 Å². The molecule has 11 heavy (non-hydrogen) atoms. The van der Waals surface area contributed by atoms with Gasteiger partial charge < -0.3 is 5.11 Å². The van der Waals surface area contributed by atoms with Crippen molar-refractivity contribution in [3.05, 3.63) is 12.2 Å². The lowest BCUT2D eigenvalue weighted by Crippen LogP contribution is -2.30. The van der Waals surface area contributed by atoms with Crippen molar-refractivity contribution in [2.75, 3.05) is 0 Å². The van der Waals surface area contributed by atoms with Crippen LogP contribution in [-0.2, 0) is 4.79 Å². The van der Waals surface area contributed by atoms with Crippen molar-refractivity contribution in [3.63, 3.8) is 0 Å². The van der Waals surface area contributed by atoms with Gasteiger partial charge in [-0.25, -0.2) is 0 Å². The van der Waals surface area contributed by atoms with Crippen LogP contribution >= 0.6 is 0 Å². The van der Waals surface area contributed by atoms with Crippen molar-refractivity contribution < 1.29 is 9.90 Å². The normalized spacial score (nSPS) is 23.2. The second-order valence-corrected chi connectivity index (χ2v) is 3.62. The number of hydrogen-bond donors (Lipinski definition) is 1. The summed E-state index contributed by atoms with van der Waals surface area (Å²) in [6.45, 7) is 5.67. The van der Waals surface area contributed by atoms with Gasteiger partial charge in [0.15, 0.2) is 0 Å². The Bertz CT molecular complexity index is 184. The zero-order valence-electron chi connectivity index (χ0n) is 6.89. The Morgan fingerprint density at radius 1 is 1.55 bits per heavy atom. The average Bonchev–Trinajstić information content (AvgIpc) is 1.95. The van der Waals surface area contributed by atoms with Gasteiger partial charge in [-0.05, 0) is 32.6 Å². The molecule has 0 aromatic rings. The molecule has 0 aliphatic heterocycles. The van der Waals surface area contributed by atoms with E-state index in [1.54, 1.807) is 0 Å². The largest absolute Gasteiger partial charge is 0.481 e. The molecule has 1 aliphatic carbocycles. The van der Waals surface area contributed by atoms with E-state index in [0.29, 0.717) is 0 Å². The van der Waals surface area contributed by atoms with Gasteiger partial charge >= 0.3 is 5.97 Å². The van der Waals surface area contributed by atoms with Gasteiger partial charge in [-0.2, -0.15) is 0 Å². The van der Waals surface area contributed by atoms with E-state index in [-0.39, 0.29) is 0 Å². The van der Waals surface area contributed by atoms with Crippen LogP contribution in [0.1, 0.15) is 32.6 Å². The van der Waals surface area contributed by atoms with E-state index in [2.05, 4.69) is 6.58 Å². The highest BCUT2D eigenvalue weighted by atomic mass is 16.4. The lowest BCUT2D eigenvalue weighted by Gasteiger charge is -2.29. The molecular formula is C9H14O2. The minimum Gasteiger partial charge on any atom is -0.481 e. The van der Waals surface area contributed by atoms with E-state index in [0.717, 1.165) is 25.7 Å². The fraction of sp³-hybridized carbons (Fsp3) is 0.667. The Balaban J connectivity index is 2.62. The van der Waals surface area contributed by atoms with Gasteiger partial charge in [0.1, 0.15) is 0 Å². The Kier molecular flexibility index (Phi) is 2.03. The molecule has 0 saturated heterocycles. The number of carboxylic acid groups (broad SMARTS) is 1. The second-order valence-electron chi connectivity index (χ2n) is 3.62. The van der Waals surface area contributed by atoms with Crippen molar-refractivity contribution in [3.8, 4) is 0 Å². The van der Waals surface area contributed by atoms with Crippen molar-refractivity contribution in [2.45, 2.75) is 32.6 Å². The van der Waals surface area contributed by atoms with E-state index in [9.17, 15) is 4.79 Å². The molecule has 0 aromatic carbocycles. The highest BCUT2D eigenvalue weighted by molar-refractivity contribution is 5.74. The smallest absolute Gasteiger partial charge is 0.309 e. The highest BCUT2D eigenvalue weighted by Gasteiger charge is 2.35. The minimum atomic E-state index is -0.662. The number of hydrogen-bond acceptors (Lipinski definition) is 1. The van der Waals surface area contributed by atoms with Crippen LogP contribution in [0.15, 0.2) is 12.2 Å². The molecule has 2 heteroatoms. The number of carboxylic acids is 1. The Hall–Kier alpha value is -0.790. The Labute approximate surface area is 66.9 Å². The summed E-state index contributed by atoms with van der Waals surface area (Å²) in [6, 6.07) is 0. The summed E-state index contributed by atoms with van der Waals surface area (Å²) < 4.78 is 0. The number of rotatable bonds is 1. The van der Waals surface area contributed by atoms with Crippen LogP contribution in [0.25, 0.3) is 0 Å². The zero-order valence-corrected chi connectivity index (χ0v) is 6.89. The predicted molar refractivity (Wildman–Crippen MR) is 43.4 cm³/mol. The van der Waals surface area contributed by atoms with Crippen LogP contribution in [0.3, 0.4) is 0 Å². The molecule has 1 saturated carbocycles. The molecule has 1 aliphatic rings. The molecule has 0 bridgehead atoms. The Morgan fingerprint density at radius 3 is 2.36 bits per heavy atom. The summed E-state index contributed by atoms with van der Waals surface area (Å²) in [5.74, 6) is -0.662. The van der Waals surface area contributed by atoms with Crippen molar-refractivity contribution >= 4 is 5.97 Å². The van der Waals surface area contributed by atoms with E-state index < -0.39 is 11.4 Å². The minimum absolute atomic E-state index is 0.485. The maximum Gasteiger partial charge on any atom is 0.309 e. The summed E-state index contributed by atoms with van der Waals surface area (Å²) in [7, 11) is 0. The Morgan fingerprint density at radius 2 is 2.00 bits per heavy atom. The van der Waals surface area contributed by atoms with Crippen molar-refractivity contribution in [1.29, 1.82) is 0 Å². The van der Waals surface area contributed by atoms with E-state index in [1.165, 1.54) is 5.57 Å². The predicted octanol–water partition coefficient (Wildman–Crippen LogP) is 2.21. The first-order chi connectivity index (χ1) is 5.04. The van der Waals surface area contributed by atoms with Gasteiger partial charge in [-0.3, -0.25) is 4.79 Å². The van der Waals surface area contributed by atoms with Crippen LogP contribution in [0, 0.1) is 5.41 Å². The van der Waals surface area contributed by atoms with E-state index in [4.69, 9.17) is 5.11 Å². The third-order valence-corrected chi connectivity index (χ3v) is 2.58. The van der Waals surface area contributed by atoms with Gasteiger partial charge in [-0.15, -0.1) is 0 Å². The molecule has 1 N–H and O–H groups in total. The third-order valence-electron chi connectivity index (χ3n) is 2.58. The summed E-state index contributed by atoms with van der Waals surface area (Å²) in [5, 5.41) is 8.85. The van der Waals surface area contributed by atoms with Gasteiger partial charge in [-0.1, -0.05) is 12.2 Å². The SMILES string of the molecule is C=C1CCC(C)(C(=O)O)CC1. The molecule has 1 rings (SSSR count). The molecule has 0 atom stereocenters. The summed E-state index contributed by atoms with van der Waals surface area (Å²) >= 11 is 0. The monoisotopic (exact) mass is 154 g/mol. The van der Waals surface area contributed by atoms with Crippen molar-refractivity contribution in [2.24, 2.45) is 5.41 Å². The molecule has 0 aromatic heterocycles. The first-order valence-electron chi connectivity index (χ1n) is 3.95. The fourth-order valence-corrected chi connectivity index (χ4v) is 1.37.